The first-order valence-electron chi connectivity index (χ1n) is 7.68. The van der Waals surface area contributed by atoms with Crippen molar-refractivity contribution in [2.75, 3.05) is 20.8 Å². The van der Waals surface area contributed by atoms with Gasteiger partial charge in [-0.1, -0.05) is 32.3 Å². The van der Waals surface area contributed by atoms with E-state index in [4.69, 9.17) is 9.47 Å². The average Bonchev–Trinajstić information content (AvgIpc) is 2.52. The third kappa shape index (κ3) is 6.52. The molecule has 1 aromatic rings. The SMILES string of the molecule is CCCCCCNC(=O)CCc1ccc(OC)c(OC)c1. The van der Waals surface area contributed by atoms with Crippen LogP contribution in [0.1, 0.15) is 44.6 Å². The van der Waals surface area contributed by atoms with Crippen LogP contribution >= 0.6 is 0 Å². The third-order valence-corrected chi connectivity index (χ3v) is 3.44. The average molecular weight is 293 g/mol. The molecule has 1 amide bonds. The molecule has 21 heavy (non-hydrogen) atoms. The van der Waals surface area contributed by atoms with Gasteiger partial charge in [0.15, 0.2) is 11.5 Å². The van der Waals surface area contributed by atoms with Crippen LogP contribution in [0.3, 0.4) is 0 Å². The van der Waals surface area contributed by atoms with Crippen molar-refractivity contribution in [3.05, 3.63) is 23.8 Å². The number of nitrogens with one attached hydrogen (secondary N) is 1. The largest absolute Gasteiger partial charge is 0.493 e. The second-order valence-electron chi connectivity index (χ2n) is 5.10. The van der Waals surface area contributed by atoms with Crippen LogP contribution in [0.2, 0.25) is 0 Å². The zero-order valence-corrected chi connectivity index (χ0v) is 13.4. The summed E-state index contributed by atoms with van der Waals surface area (Å²) in [7, 11) is 3.23. The van der Waals surface area contributed by atoms with E-state index in [1.165, 1.54) is 19.3 Å². The zero-order valence-electron chi connectivity index (χ0n) is 13.4. The Hall–Kier alpha value is -1.71. The molecule has 0 saturated heterocycles. The molecule has 0 atom stereocenters. The smallest absolute Gasteiger partial charge is 0.220 e. The van der Waals surface area contributed by atoms with Crippen LogP contribution in [0.4, 0.5) is 0 Å². The molecular formula is C17H27NO3. The van der Waals surface area contributed by atoms with E-state index in [1.807, 2.05) is 18.2 Å². The number of carbonyl (C=O) groups excluding carboxylic acids is 1. The maximum absolute atomic E-state index is 11.8. The van der Waals surface area contributed by atoms with Gasteiger partial charge in [-0.25, -0.2) is 0 Å². The van der Waals surface area contributed by atoms with Gasteiger partial charge in [0.1, 0.15) is 0 Å². The molecule has 0 aromatic heterocycles. The first-order chi connectivity index (χ1) is 10.2. The van der Waals surface area contributed by atoms with Crippen LogP contribution in [-0.2, 0) is 11.2 Å². The summed E-state index contributed by atoms with van der Waals surface area (Å²) in [6.45, 7) is 2.96. The van der Waals surface area contributed by atoms with Crippen molar-refractivity contribution in [2.24, 2.45) is 0 Å². The molecule has 0 aliphatic rings. The molecule has 0 spiro atoms. The predicted molar refractivity (Wildman–Crippen MR) is 85.0 cm³/mol. The fraction of sp³-hybridized carbons (Fsp3) is 0.588. The molecule has 1 rings (SSSR count). The summed E-state index contributed by atoms with van der Waals surface area (Å²) in [5.74, 6) is 1.53. The number of unbranched alkanes of at least 4 members (excludes halogenated alkanes) is 3. The fourth-order valence-electron chi connectivity index (χ4n) is 2.16. The lowest BCUT2D eigenvalue weighted by molar-refractivity contribution is -0.121. The normalized spacial score (nSPS) is 10.2. The monoisotopic (exact) mass is 293 g/mol. The molecule has 0 aliphatic heterocycles. The number of ether oxygens (including phenoxy) is 2. The number of carbonyl (C=O) groups is 1. The molecule has 0 heterocycles. The van der Waals surface area contributed by atoms with Crippen LogP contribution in [0, 0.1) is 0 Å². The Labute approximate surface area is 127 Å². The van der Waals surface area contributed by atoms with Gasteiger partial charge in [0.05, 0.1) is 14.2 Å². The first-order valence-corrected chi connectivity index (χ1v) is 7.68. The van der Waals surface area contributed by atoms with E-state index >= 15 is 0 Å². The Morgan fingerprint density at radius 2 is 1.86 bits per heavy atom. The van der Waals surface area contributed by atoms with Gasteiger partial charge in [-0.15, -0.1) is 0 Å². The Bertz CT molecular complexity index is 432. The van der Waals surface area contributed by atoms with Crippen LogP contribution in [-0.4, -0.2) is 26.7 Å². The molecule has 0 unspecified atom stereocenters. The van der Waals surface area contributed by atoms with Crippen molar-refractivity contribution in [3.63, 3.8) is 0 Å². The number of methoxy groups -OCH3 is 2. The van der Waals surface area contributed by atoms with E-state index in [2.05, 4.69) is 12.2 Å². The lowest BCUT2D eigenvalue weighted by atomic mass is 10.1. The zero-order chi connectivity index (χ0) is 15.5. The van der Waals surface area contributed by atoms with E-state index in [9.17, 15) is 4.79 Å². The lowest BCUT2D eigenvalue weighted by Gasteiger charge is -2.09. The maximum atomic E-state index is 11.8. The number of hydrogen-bond donors (Lipinski definition) is 1. The van der Waals surface area contributed by atoms with E-state index in [0.29, 0.717) is 24.3 Å². The van der Waals surface area contributed by atoms with Gasteiger partial charge in [-0.3, -0.25) is 4.79 Å². The Kier molecular flexibility index (Phi) is 8.32. The van der Waals surface area contributed by atoms with Crippen LogP contribution in [0.15, 0.2) is 18.2 Å². The first kappa shape index (κ1) is 17.3. The molecule has 0 radical (unpaired) electrons. The summed E-state index contributed by atoms with van der Waals surface area (Å²) in [5, 5.41) is 2.97. The molecule has 0 bridgehead atoms. The quantitative estimate of drug-likeness (QED) is 0.673. The summed E-state index contributed by atoms with van der Waals surface area (Å²) in [6, 6.07) is 5.76. The molecule has 4 heteroatoms. The van der Waals surface area contributed by atoms with E-state index in [0.717, 1.165) is 18.5 Å². The molecule has 118 valence electrons. The van der Waals surface area contributed by atoms with E-state index in [-0.39, 0.29) is 5.91 Å². The number of amides is 1. The van der Waals surface area contributed by atoms with Gasteiger partial charge in [0.25, 0.3) is 0 Å². The molecular weight excluding hydrogens is 266 g/mol. The van der Waals surface area contributed by atoms with E-state index in [1.54, 1.807) is 14.2 Å². The minimum Gasteiger partial charge on any atom is -0.493 e. The number of benzene rings is 1. The minimum atomic E-state index is 0.112. The molecule has 0 fully saturated rings. The van der Waals surface area contributed by atoms with E-state index < -0.39 is 0 Å². The highest BCUT2D eigenvalue weighted by Crippen LogP contribution is 2.27. The fourth-order valence-corrected chi connectivity index (χ4v) is 2.16. The predicted octanol–water partition coefficient (Wildman–Crippen LogP) is 3.33. The molecule has 4 nitrogen and oxygen atoms in total. The number of hydrogen-bond acceptors (Lipinski definition) is 3. The Morgan fingerprint density at radius 3 is 2.52 bits per heavy atom. The highest BCUT2D eigenvalue weighted by Gasteiger charge is 2.06. The van der Waals surface area contributed by atoms with Crippen LogP contribution in [0.5, 0.6) is 11.5 Å². The molecule has 1 N–H and O–H groups in total. The second kappa shape index (κ2) is 10.1. The highest BCUT2D eigenvalue weighted by molar-refractivity contribution is 5.76. The summed E-state index contributed by atoms with van der Waals surface area (Å²) in [6.07, 6.45) is 5.92. The number of aryl methyl sites for hydroxylation is 1. The molecule has 0 saturated carbocycles. The van der Waals surface area contributed by atoms with Crippen LogP contribution in [0.25, 0.3) is 0 Å². The van der Waals surface area contributed by atoms with Gasteiger partial charge >= 0.3 is 0 Å². The summed E-state index contributed by atoms with van der Waals surface area (Å²) in [4.78, 5) is 11.8. The molecule has 1 aromatic carbocycles. The van der Waals surface area contributed by atoms with Gasteiger partial charge in [-0.05, 0) is 30.5 Å². The van der Waals surface area contributed by atoms with Crippen molar-refractivity contribution >= 4 is 5.91 Å². The van der Waals surface area contributed by atoms with Crippen LogP contribution < -0.4 is 14.8 Å². The topological polar surface area (TPSA) is 47.6 Å². The van der Waals surface area contributed by atoms with Gasteiger partial charge < -0.3 is 14.8 Å². The van der Waals surface area contributed by atoms with Crippen molar-refractivity contribution in [1.29, 1.82) is 0 Å². The highest BCUT2D eigenvalue weighted by atomic mass is 16.5. The third-order valence-electron chi connectivity index (χ3n) is 3.44. The standard InChI is InChI=1S/C17H27NO3/c1-4-5-6-7-12-18-17(19)11-9-14-8-10-15(20-2)16(13-14)21-3/h8,10,13H,4-7,9,11-12H2,1-3H3,(H,18,19). The summed E-state index contributed by atoms with van der Waals surface area (Å²) < 4.78 is 10.5. The minimum absolute atomic E-state index is 0.112. The van der Waals surface area contributed by atoms with Crippen molar-refractivity contribution in [1.82, 2.24) is 5.32 Å². The number of rotatable bonds is 10. The summed E-state index contributed by atoms with van der Waals surface area (Å²) in [5.41, 5.74) is 1.08. The van der Waals surface area contributed by atoms with Gasteiger partial charge in [-0.2, -0.15) is 0 Å². The molecule has 0 aliphatic carbocycles. The van der Waals surface area contributed by atoms with Crippen molar-refractivity contribution < 1.29 is 14.3 Å². The summed E-state index contributed by atoms with van der Waals surface area (Å²) >= 11 is 0. The maximum Gasteiger partial charge on any atom is 0.220 e. The Morgan fingerprint density at radius 1 is 1.10 bits per heavy atom. The second-order valence-corrected chi connectivity index (χ2v) is 5.10. The van der Waals surface area contributed by atoms with Crippen molar-refractivity contribution in [2.45, 2.75) is 45.4 Å². The van der Waals surface area contributed by atoms with Crippen molar-refractivity contribution in [3.8, 4) is 11.5 Å². The lowest BCUT2D eigenvalue weighted by Crippen LogP contribution is -2.24. The van der Waals surface area contributed by atoms with Gasteiger partial charge in [0.2, 0.25) is 5.91 Å². The van der Waals surface area contributed by atoms with Gasteiger partial charge in [0, 0.05) is 13.0 Å². The Balaban J connectivity index is 2.32.